The Hall–Kier alpha value is -1.48. The van der Waals surface area contributed by atoms with Crippen LogP contribution in [0.5, 0.6) is 0 Å². The van der Waals surface area contributed by atoms with Crippen molar-refractivity contribution in [2.45, 2.75) is 38.3 Å². The van der Waals surface area contributed by atoms with E-state index in [0.717, 1.165) is 70.4 Å². The van der Waals surface area contributed by atoms with E-state index in [4.69, 9.17) is 12.2 Å². The van der Waals surface area contributed by atoms with E-state index in [1.807, 2.05) is 4.90 Å². The topological polar surface area (TPSA) is 35.6 Å². The lowest BCUT2D eigenvalue weighted by Gasteiger charge is -2.31. The van der Waals surface area contributed by atoms with Crippen LogP contribution in [0, 0.1) is 0 Å². The molecule has 9 heteroatoms. The van der Waals surface area contributed by atoms with Gasteiger partial charge in [0.1, 0.15) is 4.32 Å². The van der Waals surface area contributed by atoms with Crippen LogP contribution in [0.2, 0.25) is 0 Å². The second-order valence-corrected chi connectivity index (χ2v) is 8.68. The van der Waals surface area contributed by atoms with Crippen molar-refractivity contribution < 1.29 is 18.0 Å². The lowest BCUT2D eigenvalue weighted by Crippen LogP contribution is -2.31. The Kier molecular flexibility index (Phi) is 7.09. The standard InChI is InChI=1S/C19H24F3N3OS2/c20-19(21,22)14-6-7-16(24-8-2-1-3-9-24)15(12-14)23-17(26)13-28-18(27)25-10-4-5-11-25/h6-7,12H,1-5,8-11,13H2,(H,23,26). The van der Waals surface area contributed by atoms with E-state index in [1.165, 1.54) is 17.8 Å². The van der Waals surface area contributed by atoms with Crippen molar-refractivity contribution in [1.29, 1.82) is 0 Å². The van der Waals surface area contributed by atoms with Gasteiger partial charge >= 0.3 is 6.18 Å². The maximum absolute atomic E-state index is 13.2. The molecule has 0 atom stereocenters. The summed E-state index contributed by atoms with van der Waals surface area (Å²) < 4.78 is 40.1. The van der Waals surface area contributed by atoms with Crippen LogP contribution in [0.15, 0.2) is 18.2 Å². The predicted molar refractivity (Wildman–Crippen MR) is 112 cm³/mol. The van der Waals surface area contributed by atoms with Gasteiger partial charge in [-0.3, -0.25) is 4.79 Å². The number of likely N-dealkylation sites (tertiary alicyclic amines) is 1. The first-order valence-corrected chi connectivity index (χ1v) is 10.9. The molecule has 1 N–H and O–H groups in total. The van der Waals surface area contributed by atoms with Crippen molar-refractivity contribution in [3.8, 4) is 0 Å². The number of halogens is 3. The number of alkyl halides is 3. The Labute approximate surface area is 172 Å². The molecule has 154 valence electrons. The molecule has 2 saturated heterocycles. The van der Waals surface area contributed by atoms with Gasteiger partial charge in [0.2, 0.25) is 5.91 Å². The number of hydrogen-bond donors (Lipinski definition) is 1. The maximum atomic E-state index is 13.2. The summed E-state index contributed by atoms with van der Waals surface area (Å²) in [5, 5.41) is 2.69. The van der Waals surface area contributed by atoms with Crippen molar-refractivity contribution >= 4 is 45.6 Å². The lowest BCUT2D eigenvalue weighted by molar-refractivity contribution is -0.137. The Morgan fingerprint density at radius 1 is 1.07 bits per heavy atom. The third kappa shape index (κ3) is 5.53. The Morgan fingerprint density at radius 3 is 2.36 bits per heavy atom. The highest BCUT2D eigenvalue weighted by Crippen LogP contribution is 2.36. The Balaban J connectivity index is 1.70. The summed E-state index contributed by atoms with van der Waals surface area (Å²) in [6, 6.07) is 3.58. The fraction of sp³-hybridized carbons (Fsp3) is 0.579. The molecular weight excluding hydrogens is 407 g/mol. The average molecular weight is 432 g/mol. The van der Waals surface area contributed by atoms with Gasteiger partial charge in [-0.05, 0) is 50.3 Å². The first-order chi connectivity index (χ1) is 13.3. The largest absolute Gasteiger partial charge is 0.416 e. The molecule has 2 aliphatic heterocycles. The van der Waals surface area contributed by atoms with Gasteiger partial charge in [-0.2, -0.15) is 13.2 Å². The summed E-state index contributed by atoms with van der Waals surface area (Å²) in [6.07, 6.45) is 0.838. The second kappa shape index (κ2) is 9.35. The number of rotatable bonds is 4. The summed E-state index contributed by atoms with van der Waals surface area (Å²) in [5.41, 5.74) is 0.103. The monoisotopic (exact) mass is 431 g/mol. The SMILES string of the molecule is O=C(CSC(=S)N1CCCC1)Nc1cc(C(F)(F)F)ccc1N1CCCCC1. The second-order valence-electron chi connectivity index (χ2n) is 7.07. The van der Waals surface area contributed by atoms with Crippen molar-refractivity contribution in [1.82, 2.24) is 4.90 Å². The zero-order valence-corrected chi connectivity index (χ0v) is 17.2. The van der Waals surface area contributed by atoms with E-state index >= 15 is 0 Å². The van der Waals surface area contributed by atoms with E-state index in [1.54, 1.807) is 0 Å². The van der Waals surface area contributed by atoms with E-state index in [9.17, 15) is 18.0 Å². The van der Waals surface area contributed by atoms with Crippen LogP contribution < -0.4 is 10.2 Å². The minimum atomic E-state index is -4.45. The molecule has 1 aromatic rings. The molecule has 0 spiro atoms. The summed E-state index contributed by atoms with van der Waals surface area (Å²) >= 11 is 6.61. The number of thiocarbonyl (C=S) groups is 1. The van der Waals surface area contributed by atoms with Gasteiger partial charge < -0.3 is 15.1 Å². The van der Waals surface area contributed by atoms with Crippen LogP contribution in [0.3, 0.4) is 0 Å². The fourth-order valence-electron chi connectivity index (χ4n) is 3.53. The Morgan fingerprint density at radius 2 is 1.71 bits per heavy atom. The van der Waals surface area contributed by atoms with Crippen LogP contribution in [0.1, 0.15) is 37.7 Å². The van der Waals surface area contributed by atoms with E-state index in [0.29, 0.717) is 10.0 Å². The van der Waals surface area contributed by atoms with Crippen molar-refractivity contribution in [3.63, 3.8) is 0 Å². The van der Waals surface area contributed by atoms with Gasteiger partial charge in [0.25, 0.3) is 0 Å². The molecule has 0 radical (unpaired) electrons. The van der Waals surface area contributed by atoms with Crippen molar-refractivity contribution in [2.75, 3.05) is 42.1 Å². The number of piperidine rings is 1. The van der Waals surface area contributed by atoms with Gasteiger partial charge in [-0.15, -0.1) is 0 Å². The lowest BCUT2D eigenvalue weighted by atomic mass is 10.1. The zero-order chi connectivity index (χ0) is 20.1. The number of thioether (sulfide) groups is 1. The molecule has 2 aliphatic rings. The quantitative estimate of drug-likeness (QED) is 0.697. The summed E-state index contributed by atoms with van der Waals surface area (Å²) in [6.45, 7) is 3.37. The van der Waals surface area contributed by atoms with Crippen molar-refractivity contribution in [2.24, 2.45) is 0 Å². The highest BCUT2D eigenvalue weighted by Gasteiger charge is 2.32. The molecule has 1 aromatic carbocycles. The van der Waals surface area contributed by atoms with Crippen LogP contribution in [0.4, 0.5) is 24.5 Å². The van der Waals surface area contributed by atoms with Crippen LogP contribution in [0.25, 0.3) is 0 Å². The molecule has 0 saturated carbocycles. The highest BCUT2D eigenvalue weighted by atomic mass is 32.2. The number of benzene rings is 1. The van der Waals surface area contributed by atoms with Gasteiger partial charge in [0, 0.05) is 26.2 Å². The van der Waals surface area contributed by atoms with Crippen molar-refractivity contribution in [3.05, 3.63) is 23.8 Å². The average Bonchev–Trinajstić information content (AvgIpc) is 3.21. The van der Waals surface area contributed by atoms with E-state index < -0.39 is 11.7 Å². The molecule has 1 amide bonds. The normalized spacial score (nSPS) is 17.7. The molecular formula is C19H24F3N3OS2. The number of carbonyl (C=O) groups is 1. The van der Waals surface area contributed by atoms with Gasteiger partial charge in [-0.25, -0.2) is 0 Å². The smallest absolute Gasteiger partial charge is 0.370 e. The summed E-state index contributed by atoms with van der Waals surface area (Å²) in [5.74, 6) is -0.255. The molecule has 4 nitrogen and oxygen atoms in total. The summed E-state index contributed by atoms with van der Waals surface area (Å²) in [4.78, 5) is 16.5. The number of anilines is 2. The zero-order valence-electron chi connectivity index (χ0n) is 15.6. The first-order valence-electron chi connectivity index (χ1n) is 9.52. The molecule has 2 heterocycles. The van der Waals surface area contributed by atoms with E-state index in [2.05, 4.69) is 10.2 Å². The number of nitrogens with zero attached hydrogens (tertiary/aromatic N) is 2. The number of carbonyl (C=O) groups excluding carboxylic acids is 1. The number of amides is 1. The highest BCUT2D eigenvalue weighted by molar-refractivity contribution is 8.23. The maximum Gasteiger partial charge on any atom is 0.416 e. The number of hydrogen-bond acceptors (Lipinski definition) is 4. The predicted octanol–water partition coefficient (Wildman–Crippen LogP) is 4.75. The third-order valence-corrected chi connectivity index (χ3v) is 6.51. The van der Waals surface area contributed by atoms with E-state index in [-0.39, 0.29) is 17.3 Å². The molecule has 28 heavy (non-hydrogen) atoms. The minimum Gasteiger partial charge on any atom is -0.370 e. The van der Waals surface area contributed by atoms with Gasteiger partial charge in [0.05, 0.1) is 22.7 Å². The molecule has 2 fully saturated rings. The Bertz CT molecular complexity index is 715. The molecule has 3 rings (SSSR count). The minimum absolute atomic E-state index is 0.0883. The fourth-order valence-corrected chi connectivity index (χ4v) is 4.58. The first kappa shape index (κ1) is 21.2. The molecule has 0 aromatic heterocycles. The van der Waals surface area contributed by atoms with Crippen LogP contribution in [-0.4, -0.2) is 47.1 Å². The van der Waals surface area contributed by atoms with Gasteiger partial charge in [-0.1, -0.05) is 24.0 Å². The third-order valence-electron chi connectivity index (χ3n) is 4.99. The van der Waals surface area contributed by atoms with Crippen LogP contribution >= 0.6 is 24.0 Å². The van der Waals surface area contributed by atoms with Crippen LogP contribution in [-0.2, 0) is 11.0 Å². The number of nitrogens with one attached hydrogen (secondary N) is 1. The molecule has 0 aliphatic carbocycles. The molecule has 0 unspecified atom stereocenters. The van der Waals surface area contributed by atoms with Gasteiger partial charge in [0.15, 0.2) is 0 Å². The summed E-state index contributed by atoms with van der Waals surface area (Å²) in [7, 11) is 0. The molecule has 0 bridgehead atoms.